The van der Waals surface area contributed by atoms with Crippen LogP contribution in [0.15, 0.2) is 29.9 Å². The van der Waals surface area contributed by atoms with Gasteiger partial charge in [0.15, 0.2) is 4.96 Å². The minimum atomic E-state index is -0.0535. The molecule has 0 amide bonds. The second kappa shape index (κ2) is 4.06. The number of hydrogen-bond donors (Lipinski definition) is 1. The highest BCUT2D eigenvalue weighted by Gasteiger charge is 2.24. The first-order chi connectivity index (χ1) is 8.98. The van der Waals surface area contributed by atoms with Gasteiger partial charge in [0.25, 0.3) is 0 Å². The maximum atomic E-state index is 6.29. The van der Waals surface area contributed by atoms with Crippen LogP contribution in [-0.4, -0.2) is 14.4 Å². The number of nitrogens with zero attached hydrogens (tertiary/aromatic N) is 3. The van der Waals surface area contributed by atoms with Gasteiger partial charge in [0.1, 0.15) is 5.82 Å². The van der Waals surface area contributed by atoms with Crippen molar-refractivity contribution in [2.45, 2.75) is 26.2 Å². The van der Waals surface area contributed by atoms with Crippen LogP contribution in [-0.2, 0) is 5.41 Å². The van der Waals surface area contributed by atoms with E-state index in [4.69, 9.17) is 5.73 Å². The first-order valence-corrected chi connectivity index (χ1v) is 7.03. The zero-order valence-electron chi connectivity index (χ0n) is 11.2. The number of aromatic nitrogens is 3. The van der Waals surface area contributed by atoms with Crippen molar-refractivity contribution in [1.82, 2.24) is 14.4 Å². The van der Waals surface area contributed by atoms with Gasteiger partial charge >= 0.3 is 0 Å². The summed E-state index contributed by atoms with van der Waals surface area (Å²) < 4.78 is 2.02. The smallest absolute Gasteiger partial charge is 0.196 e. The van der Waals surface area contributed by atoms with Crippen molar-refractivity contribution in [2.75, 3.05) is 5.73 Å². The van der Waals surface area contributed by atoms with Crippen LogP contribution in [0.25, 0.3) is 16.2 Å². The van der Waals surface area contributed by atoms with E-state index in [9.17, 15) is 0 Å². The minimum Gasteiger partial charge on any atom is -0.383 e. The summed E-state index contributed by atoms with van der Waals surface area (Å²) in [4.78, 5) is 9.76. The number of rotatable bonds is 1. The molecule has 0 aliphatic heterocycles. The molecule has 0 atom stereocenters. The molecule has 3 rings (SSSR count). The highest BCUT2D eigenvalue weighted by molar-refractivity contribution is 7.15. The first-order valence-electron chi connectivity index (χ1n) is 6.15. The lowest BCUT2D eigenvalue weighted by atomic mass is 9.92. The SMILES string of the molecule is CC(C)(C)c1nc2scc(-c3cccnc3)n2c1N. The van der Waals surface area contributed by atoms with Gasteiger partial charge in [-0.1, -0.05) is 20.8 Å². The van der Waals surface area contributed by atoms with E-state index in [-0.39, 0.29) is 5.41 Å². The number of nitrogen functional groups attached to an aromatic ring is 1. The zero-order chi connectivity index (χ0) is 13.6. The van der Waals surface area contributed by atoms with E-state index in [1.165, 1.54) is 0 Å². The molecule has 0 aromatic carbocycles. The Morgan fingerprint density at radius 3 is 2.74 bits per heavy atom. The molecule has 3 heterocycles. The van der Waals surface area contributed by atoms with Crippen molar-refractivity contribution in [3.05, 3.63) is 35.6 Å². The van der Waals surface area contributed by atoms with Crippen molar-refractivity contribution in [3.8, 4) is 11.3 Å². The lowest BCUT2D eigenvalue weighted by Crippen LogP contribution is -2.14. The minimum absolute atomic E-state index is 0.0535. The normalized spacial score (nSPS) is 12.2. The van der Waals surface area contributed by atoms with Crippen LogP contribution in [0.5, 0.6) is 0 Å². The zero-order valence-corrected chi connectivity index (χ0v) is 12.0. The van der Waals surface area contributed by atoms with Gasteiger partial charge in [0.05, 0.1) is 11.4 Å². The quantitative estimate of drug-likeness (QED) is 0.739. The molecule has 0 bridgehead atoms. The number of pyridine rings is 1. The van der Waals surface area contributed by atoms with Gasteiger partial charge in [-0.15, -0.1) is 11.3 Å². The summed E-state index contributed by atoms with van der Waals surface area (Å²) in [5, 5.41) is 2.07. The fraction of sp³-hybridized carbons (Fsp3) is 0.286. The number of anilines is 1. The topological polar surface area (TPSA) is 56.2 Å². The molecule has 0 aliphatic rings. The average Bonchev–Trinajstić information content (AvgIpc) is 2.91. The molecular formula is C14H16N4S. The summed E-state index contributed by atoms with van der Waals surface area (Å²) in [5.74, 6) is 0.725. The summed E-state index contributed by atoms with van der Waals surface area (Å²) >= 11 is 1.60. The van der Waals surface area contributed by atoms with E-state index in [0.717, 1.165) is 27.7 Å². The van der Waals surface area contributed by atoms with Crippen LogP contribution in [0.4, 0.5) is 5.82 Å². The molecule has 0 spiro atoms. The summed E-state index contributed by atoms with van der Waals surface area (Å²) in [6.07, 6.45) is 3.61. The second-order valence-electron chi connectivity index (χ2n) is 5.58. The molecule has 3 aromatic heterocycles. The highest BCUT2D eigenvalue weighted by atomic mass is 32.1. The average molecular weight is 272 g/mol. The molecule has 98 valence electrons. The lowest BCUT2D eigenvalue weighted by molar-refractivity contribution is 0.576. The number of nitrogens with two attached hydrogens (primary N) is 1. The van der Waals surface area contributed by atoms with E-state index < -0.39 is 0 Å². The van der Waals surface area contributed by atoms with E-state index in [0.29, 0.717) is 0 Å². The van der Waals surface area contributed by atoms with Crippen LogP contribution < -0.4 is 5.73 Å². The van der Waals surface area contributed by atoms with Crippen molar-refractivity contribution in [2.24, 2.45) is 0 Å². The Balaban J connectivity index is 2.27. The van der Waals surface area contributed by atoms with Gasteiger partial charge in [-0.05, 0) is 12.1 Å². The Labute approximate surface area is 115 Å². The van der Waals surface area contributed by atoms with E-state index in [2.05, 4.69) is 36.1 Å². The van der Waals surface area contributed by atoms with Crippen LogP contribution in [0, 0.1) is 0 Å². The Bertz CT molecular complexity index is 719. The number of imidazole rings is 1. The van der Waals surface area contributed by atoms with Gasteiger partial charge < -0.3 is 5.73 Å². The van der Waals surface area contributed by atoms with Crippen LogP contribution in [0.1, 0.15) is 26.5 Å². The van der Waals surface area contributed by atoms with Crippen molar-refractivity contribution < 1.29 is 0 Å². The van der Waals surface area contributed by atoms with E-state index >= 15 is 0 Å². The second-order valence-corrected chi connectivity index (χ2v) is 6.41. The molecule has 0 saturated carbocycles. The Morgan fingerprint density at radius 2 is 2.11 bits per heavy atom. The molecule has 2 N–H and O–H groups in total. The van der Waals surface area contributed by atoms with Crippen LogP contribution in [0.3, 0.4) is 0 Å². The summed E-state index contributed by atoms with van der Waals surface area (Å²) in [7, 11) is 0. The molecule has 0 fully saturated rings. The summed E-state index contributed by atoms with van der Waals surface area (Å²) in [5.41, 5.74) is 9.29. The largest absolute Gasteiger partial charge is 0.383 e. The van der Waals surface area contributed by atoms with Gasteiger partial charge in [-0.2, -0.15) is 0 Å². The molecule has 3 aromatic rings. The van der Waals surface area contributed by atoms with Crippen molar-refractivity contribution >= 4 is 22.1 Å². The predicted molar refractivity (Wildman–Crippen MR) is 79.4 cm³/mol. The summed E-state index contributed by atoms with van der Waals surface area (Å²) in [6, 6.07) is 3.96. The monoisotopic (exact) mass is 272 g/mol. The number of thiazole rings is 1. The third kappa shape index (κ3) is 1.90. The number of hydrogen-bond acceptors (Lipinski definition) is 4. The van der Waals surface area contributed by atoms with Crippen LogP contribution in [0.2, 0.25) is 0 Å². The molecule has 5 heteroatoms. The van der Waals surface area contributed by atoms with Crippen molar-refractivity contribution in [3.63, 3.8) is 0 Å². The third-order valence-corrected chi connectivity index (χ3v) is 3.89. The molecule has 0 radical (unpaired) electrons. The fourth-order valence-corrected chi connectivity index (χ4v) is 3.05. The van der Waals surface area contributed by atoms with Gasteiger partial charge in [-0.25, -0.2) is 4.98 Å². The van der Waals surface area contributed by atoms with Gasteiger partial charge in [0, 0.05) is 28.8 Å². The molecule has 0 aliphatic carbocycles. The molecule has 4 nitrogen and oxygen atoms in total. The van der Waals surface area contributed by atoms with E-state index in [1.807, 2.05) is 22.7 Å². The number of fused-ring (bicyclic) bond motifs is 1. The van der Waals surface area contributed by atoms with Crippen LogP contribution >= 0.6 is 11.3 Å². The van der Waals surface area contributed by atoms with Gasteiger partial charge in [-0.3, -0.25) is 9.38 Å². The maximum absolute atomic E-state index is 6.29. The predicted octanol–water partition coefficient (Wildman–Crippen LogP) is 3.34. The summed E-state index contributed by atoms with van der Waals surface area (Å²) in [6.45, 7) is 6.37. The Hall–Kier alpha value is -1.88. The molecule has 0 unspecified atom stereocenters. The maximum Gasteiger partial charge on any atom is 0.196 e. The van der Waals surface area contributed by atoms with Gasteiger partial charge in [0.2, 0.25) is 0 Å². The molecule has 19 heavy (non-hydrogen) atoms. The Kier molecular flexibility index (Phi) is 2.60. The van der Waals surface area contributed by atoms with Crippen molar-refractivity contribution in [1.29, 1.82) is 0 Å². The molecular weight excluding hydrogens is 256 g/mol. The Morgan fingerprint density at radius 1 is 1.32 bits per heavy atom. The molecule has 0 saturated heterocycles. The highest BCUT2D eigenvalue weighted by Crippen LogP contribution is 2.34. The first kappa shape index (κ1) is 12.2. The lowest BCUT2D eigenvalue weighted by Gasteiger charge is -2.16. The standard InChI is InChI=1S/C14H16N4S/c1-14(2,3)11-12(15)18-10(8-19-13(18)17-11)9-5-4-6-16-7-9/h4-8H,15H2,1-3H3. The fourth-order valence-electron chi connectivity index (χ4n) is 2.15. The van der Waals surface area contributed by atoms with E-state index in [1.54, 1.807) is 17.5 Å². The third-order valence-electron chi connectivity index (χ3n) is 3.07.